The van der Waals surface area contributed by atoms with E-state index < -0.39 is 0 Å². The number of carbonyl (C=O) groups is 1. The van der Waals surface area contributed by atoms with Crippen LogP contribution in [-0.2, 0) is 11.3 Å². The molecule has 0 bridgehead atoms. The number of nitrogens with zero attached hydrogens (tertiary/aromatic N) is 1. The zero-order chi connectivity index (χ0) is 12.8. The van der Waals surface area contributed by atoms with Gasteiger partial charge in [-0.15, -0.1) is 0 Å². The largest absolute Gasteiger partial charge is 0.481 e. The van der Waals surface area contributed by atoms with Crippen molar-refractivity contribution < 1.29 is 9.53 Å². The highest BCUT2D eigenvalue weighted by Gasteiger charge is 2.17. The summed E-state index contributed by atoms with van der Waals surface area (Å²) in [7, 11) is 1.57. The third-order valence-corrected chi connectivity index (χ3v) is 3.78. The Morgan fingerprint density at radius 2 is 2.24 bits per heavy atom. The quantitative estimate of drug-likeness (QED) is 0.848. The molecule has 0 aliphatic rings. The van der Waals surface area contributed by atoms with Gasteiger partial charge in [-0.05, 0) is 11.5 Å². The number of carbonyl (C=O) groups excluding carboxylic acids is 1. The van der Waals surface area contributed by atoms with Crippen molar-refractivity contribution in [3.63, 3.8) is 0 Å². The van der Waals surface area contributed by atoms with Gasteiger partial charge in [-0.1, -0.05) is 35.8 Å². The summed E-state index contributed by atoms with van der Waals surface area (Å²) in [6, 6.07) is 3.65. The molecule has 0 saturated carbocycles. The van der Waals surface area contributed by atoms with Gasteiger partial charge >= 0.3 is 0 Å². The second-order valence-corrected chi connectivity index (χ2v) is 5.06. The van der Waals surface area contributed by atoms with Crippen LogP contribution in [0.3, 0.4) is 0 Å². The summed E-state index contributed by atoms with van der Waals surface area (Å²) in [4.78, 5) is 15.6. The van der Waals surface area contributed by atoms with Gasteiger partial charge in [0.05, 0.1) is 11.9 Å². The van der Waals surface area contributed by atoms with Crippen LogP contribution in [-0.4, -0.2) is 22.8 Å². The average molecular weight is 301 g/mol. The van der Waals surface area contributed by atoms with E-state index in [9.17, 15) is 4.79 Å². The number of hydrogen-bond acceptors (Lipinski definition) is 3. The number of ether oxygens (including phenoxy) is 1. The molecular weight excluding hydrogens is 284 g/mol. The lowest BCUT2D eigenvalue weighted by molar-refractivity contribution is -0.121. The second-order valence-electron chi connectivity index (χ2n) is 4.07. The molecule has 1 atom stereocenters. The van der Waals surface area contributed by atoms with E-state index in [1.54, 1.807) is 19.4 Å². The van der Waals surface area contributed by atoms with Crippen LogP contribution in [0.4, 0.5) is 0 Å². The molecule has 1 rings (SSSR count). The summed E-state index contributed by atoms with van der Waals surface area (Å²) in [5, 5.41) is 2.85. The lowest BCUT2D eigenvalue weighted by Gasteiger charge is -2.13. The Labute approximate surface area is 110 Å². The molecule has 0 saturated heterocycles. The van der Waals surface area contributed by atoms with E-state index in [1.165, 1.54) is 0 Å². The fourth-order valence-electron chi connectivity index (χ4n) is 1.23. The number of aromatic nitrogens is 1. The topological polar surface area (TPSA) is 51.2 Å². The fourth-order valence-corrected chi connectivity index (χ4v) is 1.39. The minimum Gasteiger partial charge on any atom is -0.481 e. The van der Waals surface area contributed by atoms with Crippen LogP contribution in [0.1, 0.15) is 19.4 Å². The zero-order valence-corrected chi connectivity index (χ0v) is 11.8. The molecule has 1 heterocycles. The van der Waals surface area contributed by atoms with Crippen LogP contribution in [0.15, 0.2) is 18.3 Å². The lowest BCUT2D eigenvalue weighted by atomic mass is 10.1. The fraction of sp³-hybridized carbons (Fsp3) is 0.500. The molecule has 94 valence electrons. The van der Waals surface area contributed by atoms with E-state index in [0.29, 0.717) is 12.4 Å². The molecule has 1 aromatic heterocycles. The highest BCUT2D eigenvalue weighted by Crippen LogP contribution is 2.12. The molecule has 0 aromatic carbocycles. The first-order chi connectivity index (χ1) is 8.04. The standard InChI is InChI=1S/C12H17BrN2O2/c1-8(2)11(13)12(16)15-7-9-4-5-10(17-3)14-6-9/h4-6,8,11H,7H2,1-3H3,(H,15,16). The van der Waals surface area contributed by atoms with Gasteiger partial charge in [0.25, 0.3) is 0 Å². The molecule has 1 N–H and O–H groups in total. The smallest absolute Gasteiger partial charge is 0.234 e. The molecule has 5 heteroatoms. The van der Waals surface area contributed by atoms with Gasteiger partial charge in [0.1, 0.15) is 0 Å². The van der Waals surface area contributed by atoms with E-state index in [0.717, 1.165) is 5.56 Å². The van der Waals surface area contributed by atoms with Crippen molar-refractivity contribution >= 4 is 21.8 Å². The van der Waals surface area contributed by atoms with Gasteiger partial charge in [0, 0.05) is 18.8 Å². The third-order valence-electron chi connectivity index (χ3n) is 2.31. The van der Waals surface area contributed by atoms with Crippen LogP contribution in [0, 0.1) is 5.92 Å². The van der Waals surface area contributed by atoms with E-state index >= 15 is 0 Å². The minimum absolute atomic E-state index is 0.00387. The summed E-state index contributed by atoms with van der Waals surface area (Å²) in [5.74, 6) is 0.834. The molecule has 0 aliphatic carbocycles. The first-order valence-corrected chi connectivity index (χ1v) is 6.37. The normalized spacial score (nSPS) is 12.3. The maximum Gasteiger partial charge on any atom is 0.234 e. The van der Waals surface area contributed by atoms with Crippen LogP contribution < -0.4 is 10.1 Å². The molecule has 1 amide bonds. The summed E-state index contributed by atoms with van der Waals surface area (Å²) in [5.41, 5.74) is 0.947. The Balaban J connectivity index is 2.47. The maximum atomic E-state index is 11.7. The van der Waals surface area contributed by atoms with Gasteiger partial charge in [-0.2, -0.15) is 0 Å². The minimum atomic E-state index is -0.159. The van der Waals surface area contributed by atoms with E-state index in [2.05, 4.69) is 26.2 Å². The Hall–Kier alpha value is -1.10. The molecule has 0 fully saturated rings. The Bertz CT molecular complexity index is 365. The van der Waals surface area contributed by atoms with Gasteiger partial charge in [0.15, 0.2) is 0 Å². The first-order valence-electron chi connectivity index (χ1n) is 5.45. The van der Waals surface area contributed by atoms with Crippen molar-refractivity contribution in [3.05, 3.63) is 23.9 Å². The van der Waals surface area contributed by atoms with Crippen molar-refractivity contribution in [2.24, 2.45) is 5.92 Å². The predicted octanol–water partition coefficient (Wildman–Crippen LogP) is 2.13. The lowest BCUT2D eigenvalue weighted by Crippen LogP contribution is -2.33. The van der Waals surface area contributed by atoms with Crippen molar-refractivity contribution in [2.75, 3.05) is 7.11 Å². The SMILES string of the molecule is COc1ccc(CNC(=O)C(Br)C(C)C)cn1. The number of halogens is 1. The number of nitrogens with one attached hydrogen (secondary N) is 1. The number of rotatable bonds is 5. The molecule has 1 aromatic rings. The highest BCUT2D eigenvalue weighted by molar-refractivity contribution is 9.10. The Morgan fingerprint density at radius 1 is 1.53 bits per heavy atom. The number of pyridine rings is 1. The predicted molar refractivity (Wildman–Crippen MR) is 70.2 cm³/mol. The molecular formula is C12H17BrN2O2. The van der Waals surface area contributed by atoms with Gasteiger partial charge in [0.2, 0.25) is 11.8 Å². The molecule has 0 aliphatic heterocycles. The summed E-state index contributed by atoms with van der Waals surface area (Å²) in [6.45, 7) is 4.46. The van der Waals surface area contributed by atoms with Crippen LogP contribution >= 0.6 is 15.9 Å². The summed E-state index contributed by atoms with van der Waals surface area (Å²) >= 11 is 3.36. The van der Waals surface area contributed by atoms with E-state index in [1.807, 2.05) is 19.9 Å². The highest BCUT2D eigenvalue weighted by atomic mass is 79.9. The van der Waals surface area contributed by atoms with Gasteiger partial charge in [-0.3, -0.25) is 4.79 Å². The van der Waals surface area contributed by atoms with Crippen molar-refractivity contribution in [2.45, 2.75) is 25.2 Å². The maximum absolute atomic E-state index is 11.7. The number of alkyl halides is 1. The van der Waals surface area contributed by atoms with Crippen molar-refractivity contribution in [1.29, 1.82) is 0 Å². The Kier molecular flexibility index (Phi) is 5.41. The van der Waals surface area contributed by atoms with E-state index in [-0.39, 0.29) is 16.7 Å². The summed E-state index contributed by atoms with van der Waals surface area (Å²) < 4.78 is 4.96. The number of hydrogen-bond donors (Lipinski definition) is 1. The molecule has 1 unspecified atom stereocenters. The first kappa shape index (κ1) is 14.0. The van der Waals surface area contributed by atoms with E-state index in [4.69, 9.17) is 4.74 Å². The third kappa shape index (κ3) is 4.34. The van der Waals surface area contributed by atoms with Crippen LogP contribution in [0.5, 0.6) is 5.88 Å². The summed E-state index contributed by atoms with van der Waals surface area (Å²) in [6.07, 6.45) is 1.69. The Morgan fingerprint density at radius 3 is 2.71 bits per heavy atom. The monoisotopic (exact) mass is 300 g/mol. The van der Waals surface area contributed by atoms with Crippen LogP contribution in [0.2, 0.25) is 0 Å². The van der Waals surface area contributed by atoms with Gasteiger partial charge < -0.3 is 10.1 Å². The zero-order valence-electron chi connectivity index (χ0n) is 10.2. The average Bonchev–Trinajstić information content (AvgIpc) is 2.35. The molecule has 4 nitrogen and oxygen atoms in total. The molecule has 0 radical (unpaired) electrons. The van der Waals surface area contributed by atoms with Gasteiger partial charge in [-0.25, -0.2) is 4.98 Å². The number of amides is 1. The second kappa shape index (κ2) is 6.59. The molecule has 0 spiro atoms. The van der Waals surface area contributed by atoms with Crippen molar-refractivity contribution in [1.82, 2.24) is 10.3 Å². The molecule has 17 heavy (non-hydrogen) atoms. The van der Waals surface area contributed by atoms with Crippen LogP contribution in [0.25, 0.3) is 0 Å². The number of methoxy groups -OCH3 is 1. The van der Waals surface area contributed by atoms with Crippen molar-refractivity contribution in [3.8, 4) is 5.88 Å².